The lowest BCUT2D eigenvalue weighted by Gasteiger charge is -2.43. The zero-order valence-electron chi connectivity index (χ0n) is 17.6. The lowest BCUT2D eigenvalue weighted by atomic mass is 9.80. The molecule has 158 valence electrons. The number of rotatable bonds is 2. The third-order valence-electron chi connectivity index (χ3n) is 6.86. The Balaban J connectivity index is 1.42. The molecule has 32 heavy (non-hydrogen) atoms. The quantitative estimate of drug-likeness (QED) is 0.484. The van der Waals surface area contributed by atoms with Crippen molar-refractivity contribution in [3.05, 3.63) is 101 Å². The zero-order chi connectivity index (χ0) is 21.7. The highest BCUT2D eigenvalue weighted by atomic mass is 16.2. The fraction of sp³-hybridized carbons (Fsp3) is 0.222. The van der Waals surface area contributed by atoms with E-state index >= 15 is 0 Å². The maximum atomic E-state index is 13.1. The van der Waals surface area contributed by atoms with Crippen LogP contribution in [-0.2, 0) is 6.54 Å². The molecule has 0 N–H and O–H groups in total. The third-order valence-corrected chi connectivity index (χ3v) is 6.86. The molecule has 0 radical (unpaired) electrons. The van der Waals surface area contributed by atoms with Crippen LogP contribution < -0.4 is 5.56 Å². The molecule has 0 unspecified atom stereocenters. The summed E-state index contributed by atoms with van der Waals surface area (Å²) in [6.07, 6.45) is 4.32. The minimum Gasteiger partial charge on any atom is -0.338 e. The van der Waals surface area contributed by atoms with Crippen LogP contribution in [0.25, 0.3) is 21.9 Å². The molecule has 2 atom stereocenters. The van der Waals surface area contributed by atoms with Gasteiger partial charge in [-0.1, -0.05) is 36.4 Å². The molecule has 4 aromatic rings. The van der Waals surface area contributed by atoms with Gasteiger partial charge in [0.1, 0.15) is 0 Å². The molecule has 1 saturated heterocycles. The summed E-state index contributed by atoms with van der Waals surface area (Å²) in [6.45, 7) is 1.97. The van der Waals surface area contributed by atoms with Crippen molar-refractivity contribution in [3.63, 3.8) is 0 Å². The van der Waals surface area contributed by atoms with E-state index in [9.17, 15) is 9.59 Å². The van der Waals surface area contributed by atoms with Crippen molar-refractivity contribution in [2.24, 2.45) is 5.92 Å². The van der Waals surface area contributed by atoms with Crippen molar-refractivity contribution in [1.82, 2.24) is 14.5 Å². The summed E-state index contributed by atoms with van der Waals surface area (Å²) in [5.41, 5.74) is 3.99. The maximum absolute atomic E-state index is 13.1. The highest BCUT2D eigenvalue weighted by Crippen LogP contribution is 2.40. The van der Waals surface area contributed by atoms with Gasteiger partial charge in [0.05, 0.1) is 0 Å². The van der Waals surface area contributed by atoms with E-state index in [0.29, 0.717) is 25.2 Å². The molecule has 2 aliphatic rings. The highest BCUT2D eigenvalue weighted by molar-refractivity contribution is 5.94. The Bertz CT molecular complexity index is 1390. The number of hydrogen-bond acceptors (Lipinski definition) is 3. The van der Waals surface area contributed by atoms with Crippen LogP contribution in [0.3, 0.4) is 0 Å². The molecular weight excluding hydrogens is 398 g/mol. The monoisotopic (exact) mass is 421 g/mol. The number of likely N-dealkylation sites (tertiary alicyclic amines) is 1. The summed E-state index contributed by atoms with van der Waals surface area (Å²) in [6, 6.07) is 22.0. The van der Waals surface area contributed by atoms with Gasteiger partial charge in [0.15, 0.2) is 0 Å². The predicted octanol–water partition coefficient (Wildman–Crippen LogP) is 4.32. The number of carbonyl (C=O) groups is 1. The fourth-order valence-electron chi connectivity index (χ4n) is 5.46. The van der Waals surface area contributed by atoms with Crippen LogP contribution in [0.5, 0.6) is 0 Å². The summed E-state index contributed by atoms with van der Waals surface area (Å²) < 4.78 is 1.96. The van der Waals surface area contributed by atoms with E-state index < -0.39 is 0 Å². The zero-order valence-corrected chi connectivity index (χ0v) is 17.6. The van der Waals surface area contributed by atoms with Gasteiger partial charge in [0, 0.05) is 60.8 Å². The lowest BCUT2D eigenvalue weighted by Crippen LogP contribution is -2.49. The van der Waals surface area contributed by atoms with E-state index in [2.05, 4.69) is 35.3 Å². The number of benzene rings is 2. The van der Waals surface area contributed by atoms with Crippen LogP contribution in [0, 0.1) is 5.92 Å². The fourth-order valence-corrected chi connectivity index (χ4v) is 5.46. The van der Waals surface area contributed by atoms with E-state index in [1.165, 1.54) is 10.8 Å². The van der Waals surface area contributed by atoms with Gasteiger partial charge in [0.2, 0.25) is 0 Å². The van der Waals surface area contributed by atoms with Crippen molar-refractivity contribution in [2.75, 3.05) is 13.1 Å². The first-order valence-electron chi connectivity index (χ1n) is 11.1. The minimum atomic E-state index is 0.0427. The summed E-state index contributed by atoms with van der Waals surface area (Å²) in [7, 11) is 0. The van der Waals surface area contributed by atoms with Crippen LogP contribution in [0.2, 0.25) is 0 Å². The van der Waals surface area contributed by atoms with E-state index in [0.717, 1.165) is 23.2 Å². The maximum Gasteiger partial charge on any atom is 0.253 e. The molecule has 5 heteroatoms. The molecule has 2 aromatic carbocycles. The number of nitrogens with zero attached hydrogens (tertiary/aromatic N) is 3. The van der Waals surface area contributed by atoms with Gasteiger partial charge >= 0.3 is 0 Å². The van der Waals surface area contributed by atoms with Crippen LogP contribution in [0.4, 0.5) is 0 Å². The van der Waals surface area contributed by atoms with Crippen molar-refractivity contribution >= 4 is 16.7 Å². The highest BCUT2D eigenvalue weighted by Gasteiger charge is 2.38. The number of aromatic nitrogens is 2. The number of hydrogen-bond donors (Lipinski definition) is 0. The van der Waals surface area contributed by atoms with Gasteiger partial charge in [-0.05, 0) is 52.9 Å². The van der Waals surface area contributed by atoms with E-state index in [1.807, 2.05) is 27.7 Å². The molecule has 5 nitrogen and oxygen atoms in total. The molecule has 1 fully saturated rings. The second kappa shape index (κ2) is 7.45. The van der Waals surface area contributed by atoms with Gasteiger partial charge in [0.25, 0.3) is 11.5 Å². The molecule has 2 bridgehead atoms. The van der Waals surface area contributed by atoms with Crippen LogP contribution in [0.1, 0.15) is 28.4 Å². The number of pyridine rings is 2. The Hall–Kier alpha value is -3.73. The Labute approximate surface area is 186 Å². The Kier molecular flexibility index (Phi) is 4.42. The number of amides is 1. The first kappa shape index (κ1) is 19.0. The molecule has 0 saturated carbocycles. The van der Waals surface area contributed by atoms with E-state index in [-0.39, 0.29) is 23.3 Å². The number of carbonyl (C=O) groups excluding carboxylic acids is 1. The first-order chi connectivity index (χ1) is 15.7. The largest absolute Gasteiger partial charge is 0.338 e. The predicted molar refractivity (Wildman–Crippen MR) is 125 cm³/mol. The molecule has 0 aliphatic carbocycles. The Morgan fingerprint density at radius 2 is 1.69 bits per heavy atom. The van der Waals surface area contributed by atoms with Gasteiger partial charge in [-0.3, -0.25) is 14.6 Å². The van der Waals surface area contributed by atoms with Gasteiger partial charge in [-0.2, -0.15) is 0 Å². The standard InChI is InChI=1S/C27H23N3O2/c31-25-8-7-24(22-6-5-19-3-1-2-4-21(19)14-22)26-23-13-18(16-30(25)26)15-29(17-23)27(32)20-9-11-28-12-10-20/h1-12,14,18,23H,13,15-17H2/t18-,23+/m0/s1. The molecule has 0 spiro atoms. The second-order valence-corrected chi connectivity index (χ2v) is 8.89. The Morgan fingerprint density at radius 3 is 2.53 bits per heavy atom. The summed E-state index contributed by atoms with van der Waals surface area (Å²) in [5.74, 6) is 0.473. The molecule has 2 aromatic heterocycles. The van der Waals surface area contributed by atoms with Crippen molar-refractivity contribution in [1.29, 1.82) is 0 Å². The summed E-state index contributed by atoms with van der Waals surface area (Å²) >= 11 is 0. The number of fused-ring (bicyclic) bond motifs is 5. The Morgan fingerprint density at radius 1 is 0.875 bits per heavy atom. The van der Waals surface area contributed by atoms with Crippen molar-refractivity contribution < 1.29 is 4.79 Å². The van der Waals surface area contributed by atoms with E-state index in [4.69, 9.17) is 0 Å². The average Bonchev–Trinajstić information content (AvgIpc) is 2.84. The van der Waals surface area contributed by atoms with Crippen LogP contribution >= 0.6 is 0 Å². The summed E-state index contributed by atoms with van der Waals surface area (Å²) in [4.78, 5) is 31.9. The number of piperidine rings is 1. The van der Waals surface area contributed by atoms with Crippen LogP contribution in [0.15, 0.2) is 83.9 Å². The normalized spacial score (nSPS) is 19.6. The van der Waals surface area contributed by atoms with Crippen LogP contribution in [-0.4, -0.2) is 33.4 Å². The lowest BCUT2D eigenvalue weighted by molar-refractivity contribution is 0.0595. The van der Waals surface area contributed by atoms with Crippen molar-refractivity contribution in [2.45, 2.75) is 18.9 Å². The van der Waals surface area contributed by atoms with Gasteiger partial charge in [-0.25, -0.2) is 0 Å². The first-order valence-corrected chi connectivity index (χ1v) is 11.1. The third kappa shape index (κ3) is 3.12. The average molecular weight is 422 g/mol. The molecule has 6 rings (SSSR count). The van der Waals surface area contributed by atoms with Gasteiger partial charge < -0.3 is 9.47 Å². The molecule has 4 heterocycles. The van der Waals surface area contributed by atoms with Gasteiger partial charge in [-0.15, -0.1) is 0 Å². The van der Waals surface area contributed by atoms with Crippen molar-refractivity contribution in [3.8, 4) is 11.1 Å². The second-order valence-electron chi connectivity index (χ2n) is 8.89. The summed E-state index contributed by atoms with van der Waals surface area (Å²) in [5, 5.41) is 2.38. The SMILES string of the molecule is O=C(c1ccncc1)N1C[C@@H]2C[C@H](C1)c1c(-c3ccc4ccccc4c3)ccc(=O)n1C2. The topological polar surface area (TPSA) is 55.2 Å². The smallest absolute Gasteiger partial charge is 0.253 e. The molecular formula is C27H23N3O2. The molecule has 2 aliphatic heterocycles. The molecule has 1 amide bonds. The van der Waals surface area contributed by atoms with E-state index in [1.54, 1.807) is 30.6 Å². The minimum absolute atomic E-state index is 0.0427.